The Bertz CT molecular complexity index is 1580. The largest absolute Gasteiger partial charge is 0.456 e. The number of amides is 1. The van der Waals surface area contributed by atoms with Crippen molar-refractivity contribution in [1.82, 2.24) is 4.90 Å². The van der Waals surface area contributed by atoms with Gasteiger partial charge in [-0.2, -0.15) is 34.8 Å². The van der Waals surface area contributed by atoms with E-state index < -0.39 is 93.5 Å². The number of benzene rings is 2. The smallest absolute Gasteiger partial charge is 0.438 e. The van der Waals surface area contributed by atoms with E-state index in [1.807, 2.05) is 0 Å². The van der Waals surface area contributed by atoms with Crippen molar-refractivity contribution in [3.8, 4) is 0 Å². The summed E-state index contributed by atoms with van der Waals surface area (Å²) in [5.74, 6) is -12.1. The third-order valence-electron chi connectivity index (χ3n) is 8.54. The van der Waals surface area contributed by atoms with E-state index >= 15 is 0 Å². The van der Waals surface area contributed by atoms with Gasteiger partial charge in [-0.05, 0) is 49.1 Å². The van der Waals surface area contributed by atoms with Crippen LogP contribution in [0.4, 0.5) is 26.3 Å². The first-order valence-electron chi connectivity index (χ1n) is 13.1. The second-order valence-corrected chi connectivity index (χ2v) is 12.8. The van der Waals surface area contributed by atoms with Crippen LogP contribution < -0.4 is 0 Å². The molecule has 234 valence electrons. The van der Waals surface area contributed by atoms with Crippen molar-refractivity contribution in [2.75, 3.05) is 5.75 Å². The number of carbonyl (C=O) groups is 3. The molecule has 1 heterocycles. The summed E-state index contributed by atoms with van der Waals surface area (Å²) in [5, 5.41) is 1.49. The number of rotatable bonds is 7. The predicted octanol–water partition coefficient (Wildman–Crippen LogP) is 4.16. The van der Waals surface area contributed by atoms with E-state index in [0.717, 1.165) is 5.39 Å². The summed E-state index contributed by atoms with van der Waals surface area (Å²) in [6.45, 7) is 3.21. The lowest BCUT2D eigenvalue weighted by atomic mass is 9.78. The number of nitrogens with zero attached hydrogens (tertiary/aromatic N) is 1. The maximum Gasteiger partial charge on any atom is 0.438 e. The minimum Gasteiger partial charge on any atom is -0.456 e. The molecule has 6 atom stereocenters. The van der Waals surface area contributed by atoms with E-state index in [1.54, 1.807) is 44.2 Å². The van der Waals surface area contributed by atoms with Gasteiger partial charge in [0, 0.05) is 12.0 Å². The summed E-state index contributed by atoms with van der Waals surface area (Å²) in [7, 11) is -6.00. The van der Waals surface area contributed by atoms with Crippen molar-refractivity contribution in [2.24, 2.45) is 23.7 Å². The fourth-order valence-corrected chi connectivity index (χ4v) is 7.80. The Labute approximate surface area is 240 Å². The molecule has 2 bridgehead atoms. The number of carbonyl (C=O) groups excluding carboxylic acids is 3. The number of halogens is 6. The molecule has 16 heteroatoms. The van der Waals surface area contributed by atoms with Crippen LogP contribution in [0.5, 0.6) is 0 Å². The van der Waals surface area contributed by atoms with Crippen LogP contribution in [-0.2, 0) is 29.2 Å². The second kappa shape index (κ2) is 10.1. The highest BCUT2D eigenvalue weighted by Gasteiger charge is 2.78. The lowest BCUT2D eigenvalue weighted by Crippen LogP contribution is -2.64. The van der Waals surface area contributed by atoms with E-state index in [1.165, 1.54) is 17.0 Å². The SMILES string of the molecule is CC(C)N1C(=O)C2C3CC(C(OC(=O)c4ccc5ccccc5c4)C31)C2C(=O)OC(CS(=O)(=O)O)(C(F)(F)F)C(F)(F)F. The molecule has 5 rings (SSSR count). The van der Waals surface area contributed by atoms with E-state index in [-0.39, 0.29) is 12.0 Å². The van der Waals surface area contributed by atoms with Gasteiger partial charge in [-0.1, -0.05) is 30.3 Å². The molecule has 0 aromatic heterocycles. The zero-order valence-electron chi connectivity index (χ0n) is 22.4. The molecule has 3 aliphatic rings. The van der Waals surface area contributed by atoms with Crippen LogP contribution in [0.15, 0.2) is 42.5 Å². The van der Waals surface area contributed by atoms with Gasteiger partial charge in [0.1, 0.15) is 11.9 Å². The van der Waals surface area contributed by atoms with Gasteiger partial charge >= 0.3 is 29.9 Å². The van der Waals surface area contributed by atoms with E-state index in [4.69, 9.17) is 9.29 Å². The van der Waals surface area contributed by atoms with Crippen molar-refractivity contribution in [3.05, 3.63) is 48.0 Å². The third-order valence-corrected chi connectivity index (χ3v) is 9.32. The molecule has 0 radical (unpaired) electrons. The zero-order valence-corrected chi connectivity index (χ0v) is 23.2. The first-order chi connectivity index (χ1) is 19.8. The van der Waals surface area contributed by atoms with Gasteiger partial charge in [-0.15, -0.1) is 0 Å². The Balaban J connectivity index is 1.51. The molecule has 2 aliphatic carbocycles. The average molecular weight is 638 g/mol. The number of esters is 2. The van der Waals surface area contributed by atoms with Crippen LogP contribution in [0.1, 0.15) is 30.6 Å². The maximum absolute atomic E-state index is 13.9. The molecule has 1 saturated heterocycles. The Morgan fingerprint density at radius 3 is 2.16 bits per heavy atom. The molecule has 43 heavy (non-hydrogen) atoms. The summed E-state index contributed by atoms with van der Waals surface area (Å²) in [6, 6.07) is 10.3. The molecule has 2 aromatic carbocycles. The van der Waals surface area contributed by atoms with Crippen LogP contribution in [0.25, 0.3) is 10.8 Å². The topological polar surface area (TPSA) is 127 Å². The number of likely N-dealkylation sites (tertiary alicyclic amines) is 1. The van der Waals surface area contributed by atoms with Gasteiger partial charge < -0.3 is 14.4 Å². The lowest BCUT2D eigenvalue weighted by Gasteiger charge is -2.38. The zero-order chi connectivity index (χ0) is 31.9. The average Bonchev–Trinajstić information content (AvgIpc) is 3.48. The molecule has 1 amide bonds. The van der Waals surface area contributed by atoms with Gasteiger partial charge in [0.15, 0.2) is 0 Å². The van der Waals surface area contributed by atoms with Crippen molar-refractivity contribution in [2.45, 2.75) is 56.4 Å². The first-order valence-corrected chi connectivity index (χ1v) is 14.7. The van der Waals surface area contributed by atoms with Gasteiger partial charge in [0.25, 0.3) is 10.1 Å². The molecule has 6 unspecified atom stereocenters. The Hall–Kier alpha value is -3.40. The van der Waals surface area contributed by atoms with E-state index in [0.29, 0.717) is 5.39 Å². The molecular weight excluding hydrogens is 612 g/mol. The van der Waals surface area contributed by atoms with Crippen molar-refractivity contribution in [1.29, 1.82) is 0 Å². The van der Waals surface area contributed by atoms with Gasteiger partial charge in [-0.3, -0.25) is 14.1 Å². The summed E-state index contributed by atoms with van der Waals surface area (Å²) in [6.07, 6.45) is -14.4. The maximum atomic E-state index is 13.9. The first kappa shape index (κ1) is 31.0. The van der Waals surface area contributed by atoms with E-state index in [2.05, 4.69) is 4.74 Å². The summed E-state index contributed by atoms with van der Waals surface area (Å²) >= 11 is 0. The summed E-state index contributed by atoms with van der Waals surface area (Å²) in [5.41, 5.74) is -5.54. The monoisotopic (exact) mass is 637 g/mol. The molecule has 9 nitrogen and oxygen atoms in total. The third kappa shape index (κ3) is 5.01. The molecule has 2 saturated carbocycles. The highest BCUT2D eigenvalue weighted by Crippen LogP contribution is 2.61. The molecule has 3 fully saturated rings. The predicted molar refractivity (Wildman–Crippen MR) is 135 cm³/mol. The van der Waals surface area contributed by atoms with Crippen LogP contribution in [0, 0.1) is 23.7 Å². The summed E-state index contributed by atoms with van der Waals surface area (Å²) in [4.78, 5) is 41.2. The van der Waals surface area contributed by atoms with Gasteiger partial charge in [0.05, 0.1) is 23.4 Å². The van der Waals surface area contributed by atoms with Crippen LogP contribution in [-0.4, -0.2) is 77.6 Å². The fraction of sp³-hybridized carbons (Fsp3) is 0.519. The number of fused-ring (bicyclic) bond motifs is 2. The fourth-order valence-electron chi connectivity index (χ4n) is 6.90. The lowest BCUT2D eigenvalue weighted by molar-refractivity contribution is -0.362. The summed E-state index contributed by atoms with van der Waals surface area (Å²) < 4.78 is 125. The molecule has 1 aliphatic heterocycles. The van der Waals surface area contributed by atoms with E-state index in [9.17, 15) is 49.1 Å². The van der Waals surface area contributed by atoms with Crippen molar-refractivity contribution in [3.63, 3.8) is 0 Å². The van der Waals surface area contributed by atoms with Crippen LogP contribution in [0.2, 0.25) is 0 Å². The number of ether oxygens (including phenoxy) is 2. The molecule has 1 N–H and O–H groups in total. The number of hydrogen-bond donors (Lipinski definition) is 1. The standard InChI is InChI=1S/C27H25F6NO8S/c1-12(2)34-20-16-10-17(21(20)41-23(36)15-8-7-13-5-3-4-6-14(13)9-15)19(18(16)22(34)35)24(37)42-25(26(28,29)30,27(31,32)33)11-43(38,39)40/h3-9,12,16-21H,10-11H2,1-2H3,(H,38,39,40). The highest BCUT2D eigenvalue weighted by molar-refractivity contribution is 7.85. The van der Waals surface area contributed by atoms with Crippen molar-refractivity contribution < 1.29 is 63.2 Å². The van der Waals surface area contributed by atoms with Crippen LogP contribution in [0.3, 0.4) is 0 Å². The molecular formula is C27H25F6NO8S. The van der Waals surface area contributed by atoms with Gasteiger partial charge in [-0.25, -0.2) is 4.79 Å². The quantitative estimate of drug-likeness (QED) is 0.273. The Morgan fingerprint density at radius 2 is 1.60 bits per heavy atom. The Kier molecular flexibility index (Phi) is 7.27. The highest BCUT2D eigenvalue weighted by atomic mass is 32.2. The number of hydrogen-bond acceptors (Lipinski definition) is 7. The van der Waals surface area contributed by atoms with Crippen LogP contribution >= 0.6 is 0 Å². The normalized spacial score (nSPS) is 27.3. The second-order valence-electron chi connectivity index (χ2n) is 11.3. The van der Waals surface area contributed by atoms with Gasteiger partial charge in [0.2, 0.25) is 5.91 Å². The molecule has 2 aromatic rings. The minimum atomic E-state index is -6.53. The Morgan fingerprint density at radius 1 is 1.00 bits per heavy atom. The number of alkyl halides is 6. The molecule has 0 spiro atoms. The minimum absolute atomic E-state index is 0.0525. The van der Waals surface area contributed by atoms with Crippen molar-refractivity contribution >= 4 is 38.7 Å².